The summed E-state index contributed by atoms with van der Waals surface area (Å²) in [4.78, 5) is 13.8. The zero-order valence-corrected chi connectivity index (χ0v) is 24.4. The summed E-state index contributed by atoms with van der Waals surface area (Å²) in [5.41, 5.74) is 4.14. The smallest absolute Gasteiger partial charge is 0.347 e. The normalized spacial score (nSPS) is 24.9. The van der Waals surface area contributed by atoms with E-state index >= 15 is 0 Å². The van der Waals surface area contributed by atoms with Gasteiger partial charge in [-0.15, -0.1) is 0 Å². The molecule has 2 aliphatic heterocycles. The third-order valence-electron chi connectivity index (χ3n) is 6.73. The van der Waals surface area contributed by atoms with Gasteiger partial charge in [0.2, 0.25) is 0 Å². The highest BCUT2D eigenvalue weighted by molar-refractivity contribution is 7.48. The molecule has 0 spiro atoms. The molecule has 2 aliphatic rings. The minimum absolute atomic E-state index is 0.00772. The maximum Gasteiger partial charge on any atom is 0.474 e. The van der Waals surface area contributed by atoms with Crippen LogP contribution in [0.2, 0.25) is 0 Å². The first-order valence-electron chi connectivity index (χ1n) is 13.3. The first-order chi connectivity index (χ1) is 18.4. The molecule has 0 aliphatic carbocycles. The summed E-state index contributed by atoms with van der Waals surface area (Å²) in [5.74, 6) is -0.844. The third-order valence-corrected chi connectivity index (χ3v) is 8.35. The molecule has 212 valence electrons. The number of hydrogen-bond donors (Lipinski definition) is 0. The predicted molar refractivity (Wildman–Crippen MR) is 144 cm³/mol. The molecule has 4 atom stereocenters. The summed E-state index contributed by atoms with van der Waals surface area (Å²) in [7, 11) is -3.73. The van der Waals surface area contributed by atoms with Crippen molar-refractivity contribution in [1.82, 2.24) is 19.5 Å². The molecule has 1 aromatic carbocycles. The standard InChI is InChI=1S/C27H37N4O7P/c1-8-33-39(32,34-9-2)35-14-19-22-23(38-27(6,7)37-22)25(36-19)31-16-30-21-20(28-15-29-24(21)31)17-11-10-12-18(13-17)26(3,4)5/h10-13,15-16,19,22-23,25H,8-9,14H2,1-7H3/t19-,22?,23?,25-/m1/s1. The third kappa shape index (κ3) is 5.67. The number of imidazole rings is 1. The lowest BCUT2D eigenvalue weighted by atomic mass is 9.86. The van der Waals surface area contributed by atoms with Crippen LogP contribution in [0.3, 0.4) is 0 Å². The topological polar surface area (TPSA) is 116 Å². The number of nitrogens with zero attached hydrogens (tertiary/aromatic N) is 4. The van der Waals surface area contributed by atoms with Crippen LogP contribution in [0.25, 0.3) is 22.4 Å². The molecule has 0 bridgehead atoms. The van der Waals surface area contributed by atoms with E-state index in [0.29, 0.717) is 11.2 Å². The van der Waals surface area contributed by atoms with E-state index in [9.17, 15) is 4.57 Å². The van der Waals surface area contributed by atoms with Crippen LogP contribution in [0.4, 0.5) is 0 Å². The Morgan fingerprint density at radius 3 is 2.44 bits per heavy atom. The number of fused-ring (bicyclic) bond motifs is 2. The zero-order chi connectivity index (χ0) is 28.0. The van der Waals surface area contributed by atoms with Crippen LogP contribution in [0, 0.1) is 0 Å². The van der Waals surface area contributed by atoms with Crippen molar-refractivity contribution in [2.24, 2.45) is 0 Å². The molecule has 0 saturated carbocycles. The number of benzene rings is 1. The van der Waals surface area contributed by atoms with Gasteiger partial charge in [-0.3, -0.25) is 18.1 Å². The summed E-state index contributed by atoms with van der Waals surface area (Å²) < 4.78 is 49.8. The first kappa shape index (κ1) is 28.3. The van der Waals surface area contributed by atoms with E-state index in [4.69, 9.17) is 27.8 Å². The fraction of sp³-hybridized carbons (Fsp3) is 0.593. The molecular formula is C27H37N4O7P. The van der Waals surface area contributed by atoms with Gasteiger partial charge in [0.15, 0.2) is 17.7 Å². The van der Waals surface area contributed by atoms with Gasteiger partial charge in [-0.05, 0) is 44.7 Å². The van der Waals surface area contributed by atoms with Gasteiger partial charge in [-0.2, -0.15) is 0 Å². The van der Waals surface area contributed by atoms with Crippen molar-refractivity contribution in [1.29, 1.82) is 0 Å². The second kappa shape index (κ2) is 10.6. The Morgan fingerprint density at radius 1 is 1.03 bits per heavy atom. The van der Waals surface area contributed by atoms with Gasteiger partial charge in [0.25, 0.3) is 0 Å². The van der Waals surface area contributed by atoms with E-state index in [1.54, 1.807) is 20.2 Å². The first-order valence-corrected chi connectivity index (χ1v) is 14.7. The predicted octanol–water partition coefficient (Wildman–Crippen LogP) is 5.41. The lowest BCUT2D eigenvalue weighted by Crippen LogP contribution is -2.32. The highest BCUT2D eigenvalue weighted by Gasteiger charge is 2.56. The average molecular weight is 561 g/mol. The maximum absolute atomic E-state index is 12.9. The molecule has 5 rings (SSSR count). The molecule has 0 amide bonds. The van der Waals surface area contributed by atoms with E-state index < -0.39 is 38.1 Å². The zero-order valence-electron chi connectivity index (χ0n) is 23.5. The van der Waals surface area contributed by atoms with Crippen molar-refractivity contribution < 1.29 is 32.3 Å². The Balaban J connectivity index is 1.46. The van der Waals surface area contributed by atoms with Gasteiger partial charge < -0.3 is 14.2 Å². The number of phosphoric acid groups is 1. The van der Waals surface area contributed by atoms with Crippen molar-refractivity contribution in [2.75, 3.05) is 19.8 Å². The second-order valence-electron chi connectivity index (χ2n) is 11.1. The quantitative estimate of drug-likeness (QED) is 0.315. The van der Waals surface area contributed by atoms with Crippen LogP contribution < -0.4 is 0 Å². The molecule has 11 nitrogen and oxygen atoms in total. The molecule has 0 radical (unpaired) electrons. The van der Waals surface area contributed by atoms with Crippen LogP contribution in [-0.4, -0.2) is 63.4 Å². The largest absolute Gasteiger partial charge is 0.474 e. The number of ether oxygens (including phenoxy) is 3. The van der Waals surface area contributed by atoms with Gasteiger partial charge in [0.05, 0.1) is 26.1 Å². The average Bonchev–Trinajstić information content (AvgIpc) is 3.53. The van der Waals surface area contributed by atoms with Crippen molar-refractivity contribution in [3.63, 3.8) is 0 Å². The van der Waals surface area contributed by atoms with Crippen molar-refractivity contribution >= 4 is 19.0 Å². The van der Waals surface area contributed by atoms with Crippen LogP contribution >= 0.6 is 7.82 Å². The number of rotatable bonds is 9. The minimum Gasteiger partial charge on any atom is -0.347 e. The van der Waals surface area contributed by atoms with E-state index in [1.165, 1.54) is 11.9 Å². The molecular weight excluding hydrogens is 523 g/mol. The molecule has 12 heteroatoms. The second-order valence-corrected chi connectivity index (χ2v) is 12.8. The Kier molecular flexibility index (Phi) is 7.71. The molecule has 2 unspecified atom stereocenters. The van der Waals surface area contributed by atoms with Gasteiger partial charge in [-0.1, -0.05) is 39.0 Å². The summed E-state index contributed by atoms with van der Waals surface area (Å²) in [5, 5.41) is 0. The van der Waals surface area contributed by atoms with E-state index in [0.717, 1.165) is 11.3 Å². The lowest BCUT2D eigenvalue weighted by Gasteiger charge is -2.25. The molecule has 3 aromatic rings. The fourth-order valence-electron chi connectivity index (χ4n) is 4.99. The van der Waals surface area contributed by atoms with E-state index in [-0.39, 0.29) is 25.2 Å². The van der Waals surface area contributed by atoms with Gasteiger partial charge in [0.1, 0.15) is 35.8 Å². The Labute approximate surface area is 228 Å². The van der Waals surface area contributed by atoms with Gasteiger partial charge in [-0.25, -0.2) is 19.5 Å². The van der Waals surface area contributed by atoms with E-state index in [1.807, 2.05) is 30.5 Å². The van der Waals surface area contributed by atoms with E-state index in [2.05, 4.69) is 47.9 Å². The van der Waals surface area contributed by atoms with Crippen molar-refractivity contribution in [2.45, 2.75) is 84.2 Å². The SMILES string of the molecule is CCOP(=O)(OCC)OC[C@H]1O[C@@H](n2cnc3c(-c4cccc(C(C)(C)C)c4)ncnc32)C2OC(C)(C)OC21. The molecule has 4 heterocycles. The summed E-state index contributed by atoms with van der Waals surface area (Å²) >= 11 is 0. The summed E-state index contributed by atoms with van der Waals surface area (Å²) in [6, 6.07) is 8.31. The minimum atomic E-state index is -3.73. The van der Waals surface area contributed by atoms with Crippen molar-refractivity contribution in [3.05, 3.63) is 42.5 Å². The van der Waals surface area contributed by atoms with Gasteiger partial charge >= 0.3 is 7.82 Å². The molecule has 39 heavy (non-hydrogen) atoms. The molecule has 2 fully saturated rings. The Morgan fingerprint density at radius 2 is 1.74 bits per heavy atom. The van der Waals surface area contributed by atoms with Crippen LogP contribution in [0.1, 0.15) is 60.3 Å². The summed E-state index contributed by atoms with van der Waals surface area (Å²) in [6.07, 6.45) is 1.04. The highest BCUT2D eigenvalue weighted by Crippen LogP contribution is 2.51. The lowest BCUT2D eigenvalue weighted by molar-refractivity contribution is -0.199. The highest BCUT2D eigenvalue weighted by atomic mass is 31.2. The number of aromatic nitrogens is 4. The van der Waals surface area contributed by atoms with Crippen molar-refractivity contribution in [3.8, 4) is 11.3 Å². The van der Waals surface area contributed by atoms with Crippen LogP contribution in [-0.2, 0) is 37.8 Å². The molecule has 0 N–H and O–H groups in total. The Hall–Kier alpha value is -2.24. The fourth-order valence-corrected chi connectivity index (χ4v) is 6.18. The molecule has 2 aromatic heterocycles. The molecule has 2 saturated heterocycles. The van der Waals surface area contributed by atoms with Gasteiger partial charge in [0, 0.05) is 5.56 Å². The van der Waals surface area contributed by atoms with Crippen LogP contribution in [0.5, 0.6) is 0 Å². The number of phosphoric ester groups is 1. The number of hydrogen-bond acceptors (Lipinski definition) is 10. The maximum atomic E-state index is 12.9. The monoisotopic (exact) mass is 560 g/mol. The summed E-state index contributed by atoms with van der Waals surface area (Å²) in [6.45, 7) is 14.0. The van der Waals surface area contributed by atoms with Crippen LogP contribution in [0.15, 0.2) is 36.9 Å². The Bertz CT molecular complexity index is 1360.